The van der Waals surface area contributed by atoms with E-state index in [1.807, 2.05) is 0 Å². The van der Waals surface area contributed by atoms with E-state index >= 15 is 0 Å². The minimum atomic E-state index is -0.283. The third-order valence-corrected chi connectivity index (χ3v) is 4.85. The van der Waals surface area contributed by atoms with Crippen molar-refractivity contribution in [2.45, 2.75) is 42.4 Å². The highest BCUT2D eigenvalue weighted by molar-refractivity contribution is 7.98. The Bertz CT molecular complexity index is 430. The monoisotopic (exact) mass is 269 g/mol. The molecule has 100 valence electrons. The molecule has 1 aliphatic carbocycles. The molecule has 1 aromatic carbocycles. The molecule has 0 spiro atoms. The number of benzene rings is 1. The van der Waals surface area contributed by atoms with E-state index in [4.69, 9.17) is 5.73 Å². The van der Waals surface area contributed by atoms with Crippen molar-refractivity contribution in [3.63, 3.8) is 0 Å². The largest absolute Gasteiger partial charge is 0.507 e. The van der Waals surface area contributed by atoms with Gasteiger partial charge in [0, 0.05) is 12.0 Å². The van der Waals surface area contributed by atoms with Crippen LogP contribution in [-0.2, 0) is 5.41 Å². The molecular weight excluding hydrogens is 249 g/mol. The molecule has 0 radical (unpaired) electrons. The van der Waals surface area contributed by atoms with Gasteiger partial charge in [0.25, 0.3) is 0 Å². The number of rotatable bonds is 3. The molecule has 0 atom stereocenters. The van der Waals surface area contributed by atoms with Gasteiger partial charge in [-0.2, -0.15) is 0 Å². The maximum absolute atomic E-state index is 14.5. The number of hydrogen-bond donors (Lipinski definition) is 2. The maximum Gasteiger partial charge on any atom is 0.144 e. The number of nitrogens with two attached hydrogens (primary N) is 1. The van der Waals surface area contributed by atoms with Gasteiger partial charge in [0.1, 0.15) is 11.6 Å². The maximum atomic E-state index is 14.5. The van der Waals surface area contributed by atoms with Crippen LogP contribution in [0.2, 0.25) is 0 Å². The van der Waals surface area contributed by atoms with Crippen LogP contribution in [0.5, 0.6) is 5.75 Å². The van der Waals surface area contributed by atoms with Crippen LogP contribution in [-0.4, -0.2) is 17.9 Å². The van der Waals surface area contributed by atoms with Crippen molar-refractivity contribution in [3.05, 3.63) is 23.5 Å². The number of phenols is 1. The third kappa shape index (κ3) is 2.24. The molecule has 0 saturated heterocycles. The van der Waals surface area contributed by atoms with Gasteiger partial charge in [0.2, 0.25) is 0 Å². The van der Waals surface area contributed by atoms with Crippen LogP contribution in [0.15, 0.2) is 17.0 Å². The average molecular weight is 269 g/mol. The van der Waals surface area contributed by atoms with E-state index in [0.717, 1.165) is 25.7 Å². The molecule has 2 nitrogen and oxygen atoms in total. The van der Waals surface area contributed by atoms with Crippen LogP contribution in [0.25, 0.3) is 0 Å². The second kappa shape index (κ2) is 5.49. The van der Waals surface area contributed by atoms with Crippen LogP contribution in [0.4, 0.5) is 4.39 Å². The van der Waals surface area contributed by atoms with Crippen molar-refractivity contribution in [1.82, 2.24) is 0 Å². The first-order valence-corrected chi connectivity index (χ1v) is 7.63. The number of halogens is 1. The minimum Gasteiger partial charge on any atom is -0.507 e. The summed E-state index contributed by atoms with van der Waals surface area (Å²) in [4.78, 5) is 0.339. The lowest BCUT2D eigenvalue weighted by Gasteiger charge is -2.37. The first kappa shape index (κ1) is 13.7. The predicted octanol–water partition coefficient (Wildman–Crippen LogP) is 3.41. The molecule has 1 aliphatic rings. The summed E-state index contributed by atoms with van der Waals surface area (Å²) in [7, 11) is 0. The summed E-state index contributed by atoms with van der Waals surface area (Å²) in [5.41, 5.74) is 6.38. The molecule has 1 aromatic rings. The summed E-state index contributed by atoms with van der Waals surface area (Å²) in [5.74, 6) is -0.262. The quantitative estimate of drug-likeness (QED) is 0.827. The molecule has 0 aliphatic heterocycles. The highest BCUT2D eigenvalue weighted by atomic mass is 32.2. The Kier molecular flexibility index (Phi) is 4.17. The molecule has 4 heteroatoms. The van der Waals surface area contributed by atoms with E-state index in [1.54, 1.807) is 18.4 Å². The van der Waals surface area contributed by atoms with Crippen molar-refractivity contribution >= 4 is 11.8 Å². The van der Waals surface area contributed by atoms with Crippen molar-refractivity contribution < 1.29 is 9.50 Å². The zero-order valence-electron chi connectivity index (χ0n) is 10.7. The summed E-state index contributed by atoms with van der Waals surface area (Å²) >= 11 is 1.24. The lowest BCUT2D eigenvalue weighted by molar-refractivity contribution is 0.289. The standard InChI is InChI=1S/C14H20FNOS/c1-18-13-11(17)6-5-10(12(13)15)14(9-16)7-3-2-4-8-14/h5-6,17H,2-4,7-9,16H2,1H3. The third-order valence-electron chi connectivity index (χ3n) is 4.05. The van der Waals surface area contributed by atoms with Gasteiger partial charge in [-0.1, -0.05) is 25.3 Å². The molecule has 1 fully saturated rings. The summed E-state index contributed by atoms with van der Waals surface area (Å²) in [6, 6.07) is 3.30. The van der Waals surface area contributed by atoms with Crippen LogP contribution < -0.4 is 5.73 Å². The Labute approximate surface area is 112 Å². The molecule has 0 aromatic heterocycles. The van der Waals surface area contributed by atoms with Crippen molar-refractivity contribution in [1.29, 1.82) is 0 Å². The summed E-state index contributed by atoms with van der Waals surface area (Å²) in [6.07, 6.45) is 7.07. The van der Waals surface area contributed by atoms with E-state index in [2.05, 4.69) is 0 Å². The van der Waals surface area contributed by atoms with Crippen molar-refractivity contribution in [2.24, 2.45) is 5.73 Å². The van der Waals surface area contributed by atoms with E-state index in [1.165, 1.54) is 18.2 Å². The molecule has 3 N–H and O–H groups in total. The van der Waals surface area contributed by atoms with Gasteiger partial charge in [-0.3, -0.25) is 0 Å². The van der Waals surface area contributed by atoms with E-state index in [9.17, 15) is 9.50 Å². The van der Waals surface area contributed by atoms with Crippen LogP contribution >= 0.6 is 11.8 Å². The Morgan fingerprint density at radius 2 is 2.00 bits per heavy atom. The van der Waals surface area contributed by atoms with Gasteiger partial charge < -0.3 is 10.8 Å². The fourth-order valence-corrected chi connectivity index (χ4v) is 3.53. The summed E-state index contributed by atoms with van der Waals surface area (Å²) in [6.45, 7) is 0.475. The predicted molar refractivity (Wildman–Crippen MR) is 73.7 cm³/mol. The lowest BCUT2D eigenvalue weighted by atomic mass is 9.69. The van der Waals surface area contributed by atoms with Crippen LogP contribution in [0.3, 0.4) is 0 Å². The van der Waals surface area contributed by atoms with E-state index < -0.39 is 0 Å². The van der Waals surface area contributed by atoms with Crippen molar-refractivity contribution in [3.8, 4) is 5.75 Å². The highest BCUT2D eigenvalue weighted by Crippen LogP contribution is 2.43. The van der Waals surface area contributed by atoms with Gasteiger partial charge in [0.05, 0.1) is 4.90 Å². The van der Waals surface area contributed by atoms with E-state index in [-0.39, 0.29) is 17.0 Å². The van der Waals surface area contributed by atoms with Gasteiger partial charge in [-0.15, -0.1) is 11.8 Å². The summed E-state index contributed by atoms with van der Waals surface area (Å²) < 4.78 is 14.5. The Morgan fingerprint density at radius 3 is 2.56 bits per heavy atom. The second-order valence-corrected chi connectivity index (χ2v) is 5.84. The Balaban J connectivity index is 2.48. The number of aromatic hydroxyl groups is 1. The van der Waals surface area contributed by atoms with Gasteiger partial charge in [0.15, 0.2) is 0 Å². The highest BCUT2D eigenvalue weighted by Gasteiger charge is 2.35. The SMILES string of the molecule is CSc1c(O)ccc(C2(CN)CCCCC2)c1F. The van der Waals surface area contributed by atoms with Crippen LogP contribution in [0, 0.1) is 5.82 Å². The first-order valence-electron chi connectivity index (χ1n) is 6.40. The topological polar surface area (TPSA) is 46.2 Å². The van der Waals surface area contributed by atoms with Crippen LogP contribution in [0.1, 0.15) is 37.7 Å². The molecule has 18 heavy (non-hydrogen) atoms. The van der Waals surface area contributed by atoms with Crippen molar-refractivity contribution in [2.75, 3.05) is 12.8 Å². The molecule has 1 saturated carbocycles. The summed E-state index contributed by atoms with van der Waals surface area (Å²) in [5, 5.41) is 9.68. The zero-order chi connectivity index (χ0) is 13.2. The normalized spacial score (nSPS) is 18.8. The fourth-order valence-electron chi connectivity index (χ4n) is 2.96. The molecule has 0 heterocycles. The Morgan fingerprint density at radius 1 is 1.33 bits per heavy atom. The lowest BCUT2D eigenvalue weighted by Crippen LogP contribution is -2.38. The number of thioether (sulfide) groups is 1. The minimum absolute atomic E-state index is 0.0201. The number of phenolic OH excluding ortho intramolecular Hbond substituents is 1. The first-order chi connectivity index (χ1) is 8.64. The number of hydrogen-bond acceptors (Lipinski definition) is 3. The molecule has 0 amide bonds. The zero-order valence-corrected chi connectivity index (χ0v) is 11.5. The van der Waals surface area contributed by atoms with Gasteiger partial charge >= 0.3 is 0 Å². The molecule has 0 unspecified atom stereocenters. The van der Waals surface area contributed by atoms with Gasteiger partial charge in [-0.25, -0.2) is 4.39 Å². The molecular formula is C14H20FNOS. The average Bonchev–Trinajstić information content (AvgIpc) is 2.40. The second-order valence-electron chi connectivity index (χ2n) is 5.02. The molecule has 0 bridgehead atoms. The van der Waals surface area contributed by atoms with E-state index in [0.29, 0.717) is 17.0 Å². The molecule has 2 rings (SSSR count). The smallest absolute Gasteiger partial charge is 0.144 e. The Hall–Kier alpha value is -0.740. The van der Waals surface area contributed by atoms with Gasteiger partial charge in [-0.05, 0) is 30.7 Å². The fraction of sp³-hybridized carbons (Fsp3) is 0.571.